The van der Waals surface area contributed by atoms with Gasteiger partial charge >= 0.3 is 5.97 Å². The van der Waals surface area contributed by atoms with Crippen LogP contribution in [0, 0.1) is 5.92 Å². The summed E-state index contributed by atoms with van der Waals surface area (Å²) in [5, 5.41) is 42.3. The van der Waals surface area contributed by atoms with Crippen molar-refractivity contribution in [3.05, 3.63) is 120 Å². The molecular formula is C59H82N16O11S. The number of phenolic OH excluding ortho intramolecular Hbond substituents is 1. The Hall–Kier alpha value is -9.02. The molecule has 0 bridgehead atoms. The Morgan fingerprint density at radius 2 is 1.21 bits per heavy atom. The zero-order valence-electron chi connectivity index (χ0n) is 49.0. The third-order valence-electron chi connectivity index (χ3n) is 14.1. The molecule has 2 aromatic heterocycles. The van der Waals surface area contributed by atoms with E-state index in [4.69, 9.17) is 22.9 Å². The lowest BCUT2D eigenvalue weighted by Gasteiger charge is -2.28. The molecule has 0 spiro atoms. The number of fused-ring (bicyclic) bond motifs is 1. The third kappa shape index (κ3) is 23.1. The van der Waals surface area contributed by atoms with Gasteiger partial charge in [-0.25, -0.2) is 9.78 Å². The summed E-state index contributed by atoms with van der Waals surface area (Å²) >= 11 is 1.39. The number of aromatic amines is 2. The van der Waals surface area contributed by atoms with Gasteiger partial charge in [-0.2, -0.15) is 11.8 Å². The summed E-state index contributed by atoms with van der Waals surface area (Å²) in [5.41, 5.74) is 25.9. The maximum atomic E-state index is 14.5. The molecule has 0 aliphatic heterocycles. The van der Waals surface area contributed by atoms with Crippen molar-refractivity contribution in [1.29, 1.82) is 0 Å². The average Bonchev–Trinajstić information content (AvgIpc) is 4.40. The fraction of sp³-hybridized carbons (Fsp3) is 0.441. The second-order valence-corrected chi connectivity index (χ2v) is 22.2. The van der Waals surface area contributed by atoms with E-state index >= 15 is 0 Å². The first kappa shape index (κ1) is 68.8. The highest BCUT2D eigenvalue weighted by molar-refractivity contribution is 7.98. The maximum Gasteiger partial charge on any atom is 0.326 e. The molecule has 5 aromatic rings. The van der Waals surface area contributed by atoms with E-state index in [1.807, 2.05) is 18.2 Å². The van der Waals surface area contributed by atoms with Gasteiger partial charge in [0.15, 0.2) is 5.96 Å². The monoisotopic (exact) mass is 1220 g/mol. The molecule has 3 aromatic carbocycles. The number of unbranched alkanes of at least 4 members (excludes halogenated alkanes) is 1. The Kier molecular flexibility index (Phi) is 28.0. The van der Waals surface area contributed by atoms with Gasteiger partial charge in [0.05, 0.1) is 18.9 Å². The number of benzene rings is 3. The van der Waals surface area contributed by atoms with E-state index in [9.17, 15) is 53.4 Å². The van der Waals surface area contributed by atoms with Crippen molar-refractivity contribution >= 4 is 81.9 Å². The second kappa shape index (κ2) is 35.4. The Morgan fingerprint density at radius 1 is 0.621 bits per heavy atom. The molecule has 0 aliphatic rings. The number of guanidine groups is 1. The van der Waals surface area contributed by atoms with Gasteiger partial charge in [-0.1, -0.05) is 80.9 Å². The number of hydrogen-bond donors (Lipinski definition) is 16. The van der Waals surface area contributed by atoms with Crippen molar-refractivity contribution in [3.63, 3.8) is 0 Å². The van der Waals surface area contributed by atoms with E-state index in [0.717, 1.165) is 10.9 Å². The first-order valence-electron chi connectivity index (χ1n) is 28.6. The summed E-state index contributed by atoms with van der Waals surface area (Å²) in [5.74, 6) is -7.83. The molecule has 28 heteroatoms. The number of carboxylic acid groups (broad SMARTS) is 1. The molecule has 20 N–H and O–H groups in total. The van der Waals surface area contributed by atoms with Gasteiger partial charge < -0.3 is 85.6 Å². The molecule has 8 atom stereocenters. The quantitative estimate of drug-likeness (QED) is 0.0134. The van der Waals surface area contributed by atoms with Crippen LogP contribution in [0.5, 0.6) is 5.75 Å². The SMILES string of the molecule is CSCC[C@H](NC(=O)[C@@H](NC(=O)[C@H](Cc1ccc(O)cc1)NC(=O)[C@@H](N)CCCCN)C(C)C)C(=O)NCC(=O)N[C@@H](Cc1cnc[nH]1)C(=O)N[C@@H](Cc1ccccc1)C(=O)N[C@@H](CCCN=C(N)N)C(=O)N[C@@H](Cc1c[nH]c2ccccc12)C(=O)O. The standard InChI is InChI=1S/C59H82N16O11S/c1-34(2)50(75-56(83)46(27-36-18-20-39(76)21-19-36)72-51(78)41(61)15-9-10-23-60)57(84)71-44(22-25-87-3)52(79)67-32-49(77)69-47(29-38-31-64-33-68-38)55(82)73-45(26-35-12-5-4-6-13-35)54(81)70-43(17-11-24-65-59(62)63)53(80)74-48(58(85)86)28-37-30-66-42-16-8-7-14-40(37)42/h4-8,12-14,16,18-21,30-31,33-34,41,43-48,50,66,76H,9-11,15,17,22-29,32,60-61H2,1-3H3,(H,64,68)(H,67,79)(H,69,77)(H,70,81)(H,71,84)(H,72,78)(H,73,82)(H,74,80)(H,75,83)(H,85,86)(H4,62,63,65)/t41-,43-,44-,45-,46-,47-,48-,50-/m0/s1. The molecule has 0 saturated heterocycles. The topological polar surface area (TPSA) is 451 Å². The lowest BCUT2D eigenvalue weighted by Crippen LogP contribution is -2.60. The predicted molar refractivity (Wildman–Crippen MR) is 329 cm³/mol. The number of carboxylic acids is 1. The Morgan fingerprint density at radius 3 is 1.84 bits per heavy atom. The highest BCUT2D eigenvalue weighted by atomic mass is 32.2. The predicted octanol–water partition coefficient (Wildman–Crippen LogP) is -0.619. The fourth-order valence-corrected chi connectivity index (χ4v) is 9.75. The van der Waals surface area contributed by atoms with Gasteiger partial charge in [-0.05, 0) is 91.5 Å². The van der Waals surface area contributed by atoms with Crippen LogP contribution in [0.3, 0.4) is 0 Å². The first-order chi connectivity index (χ1) is 41.6. The molecule has 0 fully saturated rings. The summed E-state index contributed by atoms with van der Waals surface area (Å²) in [6, 6.07) is 11.8. The molecule has 0 unspecified atom stereocenters. The van der Waals surface area contributed by atoms with Crippen molar-refractivity contribution in [2.45, 2.75) is 126 Å². The van der Waals surface area contributed by atoms with Crippen LogP contribution in [0.4, 0.5) is 0 Å². The molecular weight excluding hydrogens is 1140 g/mol. The van der Waals surface area contributed by atoms with Gasteiger partial charge in [0.1, 0.15) is 48.0 Å². The van der Waals surface area contributed by atoms with Gasteiger partial charge in [-0.15, -0.1) is 0 Å². The summed E-state index contributed by atoms with van der Waals surface area (Å²) in [6.45, 7) is 3.16. The van der Waals surface area contributed by atoms with Crippen LogP contribution in [0.1, 0.15) is 74.8 Å². The van der Waals surface area contributed by atoms with Crippen molar-refractivity contribution in [1.82, 2.24) is 57.5 Å². The minimum Gasteiger partial charge on any atom is -0.508 e. The van der Waals surface area contributed by atoms with E-state index in [2.05, 4.69) is 62.5 Å². The normalized spacial score (nSPS) is 13.9. The number of amides is 8. The van der Waals surface area contributed by atoms with Crippen LogP contribution >= 0.6 is 11.8 Å². The summed E-state index contributed by atoms with van der Waals surface area (Å²) in [6.07, 6.45) is 7.60. The van der Waals surface area contributed by atoms with E-state index in [-0.39, 0.29) is 63.2 Å². The smallest absolute Gasteiger partial charge is 0.326 e. The summed E-state index contributed by atoms with van der Waals surface area (Å²) < 4.78 is 0. The summed E-state index contributed by atoms with van der Waals surface area (Å²) in [4.78, 5) is 139. The lowest BCUT2D eigenvalue weighted by molar-refractivity contribution is -0.142. The Balaban J connectivity index is 1.30. The summed E-state index contributed by atoms with van der Waals surface area (Å²) in [7, 11) is 0. The maximum absolute atomic E-state index is 14.5. The molecule has 0 saturated carbocycles. The number of rotatable bonds is 37. The molecule has 0 radical (unpaired) electrons. The molecule has 8 amide bonds. The van der Waals surface area contributed by atoms with Crippen LogP contribution in [0.15, 0.2) is 103 Å². The highest BCUT2D eigenvalue weighted by Gasteiger charge is 2.35. The number of aliphatic imine (C=N–C) groups is 1. The van der Waals surface area contributed by atoms with E-state index < -0.39 is 114 Å². The van der Waals surface area contributed by atoms with Crippen LogP contribution in [0.25, 0.3) is 10.9 Å². The van der Waals surface area contributed by atoms with Gasteiger partial charge in [0.2, 0.25) is 47.3 Å². The Labute approximate surface area is 508 Å². The molecule has 2 heterocycles. The zero-order valence-corrected chi connectivity index (χ0v) is 49.8. The van der Waals surface area contributed by atoms with E-state index in [1.165, 1.54) is 36.4 Å². The number of H-pyrrole nitrogens is 2. The number of nitrogens with one attached hydrogen (secondary N) is 10. The average molecular weight is 1220 g/mol. The van der Waals surface area contributed by atoms with Crippen molar-refractivity contribution in [2.75, 3.05) is 31.6 Å². The molecule has 27 nitrogen and oxygen atoms in total. The number of nitrogens with two attached hydrogens (primary N) is 4. The number of hydrogen-bond acceptors (Lipinski definition) is 15. The molecule has 0 aliphatic carbocycles. The number of aromatic nitrogens is 3. The number of imidazole rings is 1. The molecule has 87 heavy (non-hydrogen) atoms. The first-order valence-corrected chi connectivity index (χ1v) is 30.0. The number of nitrogens with zero attached hydrogens (tertiary/aromatic N) is 2. The fourth-order valence-electron chi connectivity index (χ4n) is 9.28. The lowest BCUT2D eigenvalue weighted by atomic mass is 10.00. The van der Waals surface area contributed by atoms with Crippen LogP contribution in [-0.4, -0.2) is 164 Å². The number of thioether (sulfide) groups is 1. The minimum atomic E-state index is -1.42. The van der Waals surface area contributed by atoms with Crippen LogP contribution in [0.2, 0.25) is 0 Å². The zero-order chi connectivity index (χ0) is 63.4. The second-order valence-electron chi connectivity index (χ2n) is 21.2. The van der Waals surface area contributed by atoms with Crippen LogP contribution in [-0.2, 0) is 68.8 Å². The van der Waals surface area contributed by atoms with Gasteiger partial charge in [0.25, 0.3) is 0 Å². The molecule has 5 rings (SSSR count). The van der Waals surface area contributed by atoms with E-state index in [0.29, 0.717) is 53.9 Å². The highest BCUT2D eigenvalue weighted by Crippen LogP contribution is 2.20. The van der Waals surface area contributed by atoms with Crippen molar-refractivity contribution in [2.24, 2.45) is 33.8 Å². The number of aliphatic carboxylic acids is 1. The van der Waals surface area contributed by atoms with E-state index in [1.54, 1.807) is 74.8 Å². The minimum absolute atomic E-state index is 0.00694. The number of carbonyl (C=O) groups excluding carboxylic acids is 8. The largest absolute Gasteiger partial charge is 0.508 e. The van der Waals surface area contributed by atoms with Gasteiger partial charge in [0, 0.05) is 61.2 Å². The van der Waals surface area contributed by atoms with Gasteiger partial charge in [-0.3, -0.25) is 43.3 Å². The van der Waals surface area contributed by atoms with Crippen molar-refractivity contribution in [3.8, 4) is 5.75 Å². The Bertz CT molecular complexity index is 3090. The van der Waals surface area contributed by atoms with Crippen LogP contribution < -0.4 is 65.5 Å². The number of carbonyl (C=O) groups is 9. The number of aromatic hydroxyl groups is 1. The number of para-hydroxylation sites is 1. The molecule has 470 valence electrons. The van der Waals surface area contributed by atoms with Crippen molar-refractivity contribution < 1.29 is 53.4 Å². The number of phenols is 1. The third-order valence-corrected chi connectivity index (χ3v) is 14.7.